The predicted octanol–water partition coefficient (Wildman–Crippen LogP) is 4.99. The van der Waals surface area contributed by atoms with Crippen molar-refractivity contribution in [2.75, 3.05) is 0 Å². The monoisotopic (exact) mass is 398 g/mol. The zero-order chi connectivity index (χ0) is 20.2. The lowest BCUT2D eigenvalue weighted by Gasteiger charge is -2.63. The largest absolute Gasteiger partial charge is 0.297 e. The van der Waals surface area contributed by atoms with E-state index in [4.69, 9.17) is 0 Å². The highest BCUT2D eigenvalue weighted by Crippen LogP contribution is 2.66. The van der Waals surface area contributed by atoms with Gasteiger partial charge < -0.3 is 0 Å². The van der Waals surface area contributed by atoms with E-state index in [1.807, 2.05) is 6.92 Å². The van der Waals surface area contributed by atoms with Crippen LogP contribution in [0.25, 0.3) is 0 Å². The average molecular weight is 399 g/mol. The molecule has 0 amide bonds. The lowest BCUT2D eigenvalue weighted by atomic mass is 9.41. The molecule has 0 spiro atoms. The van der Waals surface area contributed by atoms with Crippen molar-refractivity contribution in [3.05, 3.63) is 5.82 Å². The first-order valence-electron chi connectivity index (χ1n) is 12.2. The number of hydrogen-bond donors (Lipinski definition) is 0. The summed E-state index contributed by atoms with van der Waals surface area (Å²) in [6, 6.07) is 0. The van der Waals surface area contributed by atoms with Crippen molar-refractivity contribution in [2.24, 2.45) is 40.4 Å². The maximum atomic E-state index is 13.4. The molecule has 0 aliphatic heterocycles. The van der Waals surface area contributed by atoms with Crippen molar-refractivity contribution < 1.29 is 4.79 Å². The molecule has 1 aromatic heterocycles. The predicted molar refractivity (Wildman–Crippen MR) is 112 cm³/mol. The highest BCUT2D eigenvalue weighted by Gasteiger charge is 2.59. The lowest BCUT2D eigenvalue weighted by molar-refractivity contribution is -0.155. The Morgan fingerprint density at radius 3 is 2.59 bits per heavy atom. The fourth-order valence-corrected chi connectivity index (χ4v) is 8.66. The minimum atomic E-state index is 0.171. The highest BCUT2D eigenvalue weighted by atomic mass is 16.1. The molecular weight excluding hydrogens is 360 g/mol. The second kappa shape index (κ2) is 7.16. The molecule has 4 aliphatic carbocycles. The van der Waals surface area contributed by atoms with Gasteiger partial charge in [-0.1, -0.05) is 33.1 Å². The summed E-state index contributed by atoms with van der Waals surface area (Å²) >= 11 is 0. The molecule has 0 aromatic carbocycles. The number of carbonyl (C=O) groups excluding carboxylic acids is 1. The third kappa shape index (κ3) is 3.09. The van der Waals surface area contributed by atoms with Crippen LogP contribution >= 0.6 is 0 Å². The van der Waals surface area contributed by atoms with Gasteiger partial charge in [0, 0.05) is 5.92 Å². The van der Waals surface area contributed by atoms with Crippen LogP contribution in [0.3, 0.4) is 0 Å². The zero-order valence-corrected chi connectivity index (χ0v) is 18.6. The second-order valence-corrected chi connectivity index (χ2v) is 11.3. The van der Waals surface area contributed by atoms with Crippen molar-refractivity contribution in [1.29, 1.82) is 0 Å². The lowest BCUT2D eigenvalue weighted by Crippen LogP contribution is -2.56. The number of hydrogen-bond acceptors (Lipinski definition) is 4. The first kappa shape index (κ1) is 19.7. The normalized spacial score (nSPS) is 44.4. The first-order valence-corrected chi connectivity index (χ1v) is 12.2. The van der Waals surface area contributed by atoms with Crippen LogP contribution in [0.1, 0.15) is 90.3 Å². The Labute approximate surface area is 175 Å². The molecule has 4 fully saturated rings. The quantitative estimate of drug-likeness (QED) is 0.720. The number of fused-ring (bicyclic) bond motifs is 5. The Hall–Kier alpha value is -1.26. The number of rotatable bonds is 3. The molecule has 0 radical (unpaired) electrons. The molecule has 5 nitrogen and oxygen atoms in total. The van der Waals surface area contributed by atoms with Crippen molar-refractivity contribution in [2.45, 2.75) is 97.9 Å². The van der Waals surface area contributed by atoms with Crippen LogP contribution in [-0.4, -0.2) is 26.0 Å². The summed E-state index contributed by atoms with van der Waals surface area (Å²) in [5.74, 6) is 4.58. The second-order valence-electron chi connectivity index (χ2n) is 11.3. The van der Waals surface area contributed by atoms with Gasteiger partial charge in [0.2, 0.25) is 0 Å². The van der Waals surface area contributed by atoms with E-state index in [9.17, 15) is 4.79 Å². The fourth-order valence-electron chi connectivity index (χ4n) is 8.66. The molecule has 5 heteroatoms. The van der Waals surface area contributed by atoms with Crippen LogP contribution in [0.15, 0.2) is 0 Å². The number of nitrogens with zero attached hydrogens (tertiary/aromatic N) is 4. The Morgan fingerprint density at radius 1 is 0.966 bits per heavy atom. The van der Waals surface area contributed by atoms with E-state index in [1.54, 1.807) is 0 Å². The molecule has 0 unspecified atom stereocenters. The number of aryl methyl sites for hydroxylation is 1. The summed E-state index contributed by atoms with van der Waals surface area (Å²) in [4.78, 5) is 14.9. The Kier molecular flexibility index (Phi) is 4.86. The molecule has 160 valence electrons. The van der Waals surface area contributed by atoms with Crippen LogP contribution in [0.4, 0.5) is 0 Å². The maximum absolute atomic E-state index is 13.4. The van der Waals surface area contributed by atoms with E-state index in [0.29, 0.717) is 23.6 Å². The van der Waals surface area contributed by atoms with Gasteiger partial charge in [-0.25, -0.2) is 0 Å². The number of carbonyl (C=O) groups is 1. The number of tetrazole rings is 1. The molecule has 7 atom stereocenters. The summed E-state index contributed by atoms with van der Waals surface area (Å²) in [6.07, 6.45) is 14.8. The standard InChI is InChI=1S/C24H38N4O/c1-16-25-27-28(26-16)15-22(29)21-9-6-8-19-18-11-10-17-7-4-5-13-23(17,2)20(18)12-14-24(19,21)3/h17-21H,4-15H2,1-3H3/t17-,18+,19+,20+,21-,23+,24+/m1/s1. The van der Waals surface area contributed by atoms with Gasteiger partial charge in [-0.2, -0.15) is 4.80 Å². The summed E-state index contributed by atoms with van der Waals surface area (Å²) in [5, 5.41) is 12.3. The SMILES string of the molecule is Cc1nnn(CC(=O)[C@H]2CCC[C@H]3[C@@H]4CC[C@H]5CCCC[C@]5(C)[C@H]4CC[C@]23C)n1. The number of ketones is 1. The Morgan fingerprint density at radius 2 is 1.79 bits per heavy atom. The summed E-state index contributed by atoms with van der Waals surface area (Å²) in [7, 11) is 0. The summed E-state index contributed by atoms with van der Waals surface area (Å²) in [5.41, 5.74) is 0.742. The van der Waals surface area contributed by atoms with Gasteiger partial charge in [0.1, 0.15) is 6.54 Å². The van der Waals surface area contributed by atoms with Crippen LogP contribution in [-0.2, 0) is 11.3 Å². The summed E-state index contributed by atoms with van der Waals surface area (Å²) in [6.45, 7) is 7.22. The van der Waals surface area contributed by atoms with Gasteiger partial charge in [-0.05, 0) is 98.0 Å². The molecule has 29 heavy (non-hydrogen) atoms. The fraction of sp³-hybridized carbons (Fsp3) is 0.917. The average Bonchev–Trinajstić information content (AvgIpc) is 3.10. The van der Waals surface area contributed by atoms with Crippen LogP contribution < -0.4 is 0 Å². The smallest absolute Gasteiger partial charge is 0.171 e. The zero-order valence-electron chi connectivity index (χ0n) is 18.6. The van der Waals surface area contributed by atoms with Gasteiger partial charge in [-0.3, -0.25) is 4.79 Å². The van der Waals surface area contributed by atoms with Crippen LogP contribution in [0, 0.1) is 47.3 Å². The van der Waals surface area contributed by atoms with Gasteiger partial charge >= 0.3 is 0 Å². The van der Waals surface area contributed by atoms with E-state index >= 15 is 0 Å². The van der Waals surface area contributed by atoms with E-state index in [1.165, 1.54) is 69.0 Å². The molecule has 4 saturated carbocycles. The van der Waals surface area contributed by atoms with Gasteiger partial charge in [0.05, 0.1) is 0 Å². The molecule has 0 bridgehead atoms. The van der Waals surface area contributed by atoms with Crippen LogP contribution in [0.2, 0.25) is 0 Å². The number of Topliss-reactive ketones (excluding diaryl/α,β-unsaturated/α-hetero) is 1. The van der Waals surface area contributed by atoms with Crippen molar-refractivity contribution in [3.8, 4) is 0 Å². The van der Waals surface area contributed by atoms with Crippen molar-refractivity contribution in [1.82, 2.24) is 20.2 Å². The maximum Gasteiger partial charge on any atom is 0.171 e. The highest BCUT2D eigenvalue weighted by molar-refractivity contribution is 5.81. The van der Waals surface area contributed by atoms with E-state index in [2.05, 4.69) is 29.3 Å². The third-order valence-electron chi connectivity index (χ3n) is 10.1. The molecule has 4 aliphatic rings. The molecule has 1 aromatic rings. The van der Waals surface area contributed by atoms with Gasteiger partial charge in [-0.15, -0.1) is 10.2 Å². The molecule has 0 saturated heterocycles. The summed E-state index contributed by atoms with van der Waals surface area (Å²) < 4.78 is 0. The van der Waals surface area contributed by atoms with Gasteiger partial charge in [0.25, 0.3) is 0 Å². The third-order valence-corrected chi connectivity index (χ3v) is 10.1. The van der Waals surface area contributed by atoms with E-state index in [-0.39, 0.29) is 11.3 Å². The minimum absolute atomic E-state index is 0.171. The van der Waals surface area contributed by atoms with Crippen LogP contribution in [0.5, 0.6) is 0 Å². The molecule has 0 N–H and O–H groups in total. The molecule has 1 heterocycles. The Balaban J connectivity index is 1.38. The van der Waals surface area contributed by atoms with Gasteiger partial charge in [0.15, 0.2) is 11.6 Å². The first-order chi connectivity index (χ1) is 13.9. The Bertz CT molecular complexity index is 775. The molecular formula is C24H38N4O. The number of aromatic nitrogens is 4. The van der Waals surface area contributed by atoms with Crippen molar-refractivity contribution >= 4 is 5.78 Å². The molecule has 5 rings (SSSR count). The topological polar surface area (TPSA) is 60.7 Å². The van der Waals surface area contributed by atoms with E-state index < -0.39 is 0 Å². The van der Waals surface area contributed by atoms with Crippen molar-refractivity contribution in [3.63, 3.8) is 0 Å². The minimum Gasteiger partial charge on any atom is -0.297 e. The van der Waals surface area contributed by atoms with E-state index in [0.717, 1.165) is 30.1 Å².